The number of esters is 1. The first-order chi connectivity index (χ1) is 11.9. The number of nitrogens with one attached hydrogen (secondary N) is 1. The van der Waals surface area contributed by atoms with Crippen molar-refractivity contribution in [2.75, 3.05) is 18.5 Å². The molecule has 1 fully saturated rings. The summed E-state index contributed by atoms with van der Waals surface area (Å²) in [6.07, 6.45) is 2.13. The second kappa shape index (κ2) is 8.27. The van der Waals surface area contributed by atoms with Crippen LogP contribution in [0.15, 0.2) is 24.3 Å². The Kier molecular flexibility index (Phi) is 6.10. The molecule has 0 spiro atoms. The molecular formula is C17H21N3O5. The predicted octanol–water partition coefficient (Wildman–Crippen LogP) is 0.668. The average molecular weight is 347 g/mol. The van der Waals surface area contributed by atoms with Gasteiger partial charge in [0.2, 0.25) is 11.8 Å². The van der Waals surface area contributed by atoms with Gasteiger partial charge in [-0.05, 0) is 37.5 Å². The molecule has 1 saturated heterocycles. The number of anilines is 1. The van der Waals surface area contributed by atoms with Crippen LogP contribution in [0.1, 0.15) is 36.5 Å². The second-order valence-corrected chi connectivity index (χ2v) is 5.84. The largest absolute Gasteiger partial charge is 0.452 e. The topological polar surface area (TPSA) is 119 Å². The number of rotatable bonds is 5. The predicted molar refractivity (Wildman–Crippen MR) is 89.6 cm³/mol. The van der Waals surface area contributed by atoms with Gasteiger partial charge in [0.05, 0.1) is 5.56 Å². The van der Waals surface area contributed by atoms with E-state index >= 15 is 0 Å². The zero-order valence-corrected chi connectivity index (χ0v) is 14.0. The van der Waals surface area contributed by atoms with E-state index in [1.165, 1.54) is 24.0 Å². The summed E-state index contributed by atoms with van der Waals surface area (Å²) < 4.78 is 5.04. The Bertz CT molecular complexity index is 689. The molecule has 1 aliphatic rings. The Morgan fingerprint density at radius 1 is 1.28 bits per heavy atom. The molecule has 0 aromatic heterocycles. The molecule has 3 amide bonds. The van der Waals surface area contributed by atoms with Crippen molar-refractivity contribution in [3.05, 3.63) is 29.8 Å². The van der Waals surface area contributed by atoms with Gasteiger partial charge in [-0.1, -0.05) is 6.07 Å². The van der Waals surface area contributed by atoms with E-state index in [0.29, 0.717) is 18.7 Å². The highest BCUT2D eigenvalue weighted by molar-refractivity contribution is 5.95. The smallest absolute Gasteiger partial charge is 0.338 e. The zero-order chi connectivity index (χ0) is 18.4. The van der Waals surface area contributed by atoms with E-state index in [4.69, 9.17) is 10.5 Å². The molecule has 8 nitrogen and oxygen atoms in total. The molecule has 3 N–H and O–H groups in total. The van der Waals surface area contributed by atoms with Crippen LogP contribution in [0.25, 0.3) is 0 Å². The number of ether oxygens (including phenoxy) is 1. The van der Waals surface area contributed by atoms with Crippen LogP contribution in [0.4, 0.5) is 5.69 Å². The fourth-order valence-corrected chi connectivity index (χ4v) is 2.75. The van der Waals surface area contributed by atoms with Gasteiger partial charge in [-0.15, -0.1) is 0 Å². The van der Waals surface area contributed by atoms with Crippen LogP contribution >= 0.6 is 0 Å². The van der Waals surface area contributed by atoms with Crippen molar-refractivity contribution in [1.29, 1.82) is 0 Å². The van der Waals surface area contributed by atoms with Crippen molar-refractivity contribution in [3.63, 3.8) is 0 Å². The highest BCUT2D eigenvalue weighted by atomic mass is 16.5. The lowest BCUT2D eigenvalue weighted by molar-refractivity contribution is -0.143. The molecule has 1 aliphatic heterocycles. The molecule has 0 bridgehead atoms. The molecule has 134 valence electrons. The molecule has 0 saturated carbocycles. The highest BCUT2D eigenvalue weighted by Gasteiger charge is 2.31. The Labute approximate surface area is 145 Å². The van der Waals surface area contributed by atoms with Crippen LogP contribution in [0.3, 0.4) is 0 Å². The third kappa shape index (κ3) is 5.03. The lowest BCUT2D eigenvalue weighted by Crippen LogP contribution is -2.51. The van der Waals surface area contributed by atoms with Crippen molar-refractivity contribution in [3.8, 4) is 0 Å². The van der Waals surface area contributed by atoms with Gasteiger partial charge >= 0.3 is 5.97 Å². The molecular weight excluding hydrogens is 326 g/mol. The van der Waals surface area contributed by atoms with Crippen molar-refractivity contribution in [2.45, 2.75) is 32.2 Å². The average Bonchev–Trinajstić information content (AvgIpc) is 2.59. The third-order valence-electron chi connectivity index (χ3n) is 3.90. The number of carbonyl (C=O) groups excluding carboxylic acids is 4. The van der Waals surface area contributed by atoms with Crippen molar-refractivity contribution in [1.82, 2.24) is 4.90 Å². The summed E-state index contributed by atoms with van der Waals surface area (Å²) in [7, 11) is 0. The van der Waals surface area contributed by atoms with Crippen LogP contribution in [0.5, 0.6) is 0 Å². The van der Waals surface area contributed by atoms with Gasteiger partial charge in [0.15, 0.2) is 6.61 Å². The Morgan fingerprint density at radius 3 is 2.72 bits per heavy atom. The minimum Gasteiger partial charge on any atom is -0.452 e. The molecule has 0 unspecified atom stereocenters. The molecule has 1 atom stereocenters. The van der Waals surface area contributed by atoms with E-state index in [1.807, 2.05) is 0 Å². The van der Waals surface area contributed by atoms with Crippen LogP contribution in [0, 0.1) is 0 Å². The van der Waals surface area contributed by atoms with Gasteiger partial charge in [-0.3, -0.25) is 14.4 Å². The summed E-state index contributed by atoms with van der Waals surface area (Å²) >= 11 is 0. The number of amides is 3. The Hall–Kier alpha value is -2.90. The standard InChI is InChI=1S/C17H21N3O5/c1-11(21)19-13-6-4-5-12(9-13)17(24)25-10-15(22)20-8-3-2-7-14(20)16(18)23/h4-6,9,14H,2-3,7-8,10H2,1H3,(H2,18,23)(H,19,21)/t14-/m1/s1. The van der Waals surface area contributed by atoms with Gasteiger partial charge < -0.3 is 20.7 Å². The maximum atomic E-state index is 12.2. The Morgan fingerprint density at radius 2 is 2.04 bits per heavy atom. The first-order valence-electron chi connectivity index (χ1n) is 8.02. The first kappa shape index (κ1) is 18.4. The number of carbonyl (C=O) groups is 4. The molecule has 0 radical (unpaired) electrons. The Balaban J connectivity index is 1.96. The molecule has 1 aromatic carbocycles. The second-order valence-electron chi connectivity index (χ2n) is 5.84. The number of hydrogen-bond acceptors (Lipinski definition) is 5. The van der Waals surface area contributed by atoms with E-state index in [9.17, 15) is 19.2 Å². The van der Waals surface area contributed by atoms with Crippen molar-refractivity contribution in [2.24, 2.45) is 5.73 Å². The summed E-state index contributed by atoms with van der Waals surface area (Å²) in [6.45, 7) is 1.31. The lowest BCUT2D eigenvalue weighted by atomic mass is 10.0. The van der Waals surface area contributed by atoms with E-state index in [2.05, 4.69) is 5.32 Å². The summed E-state index contributed by atoms with van der Waals surface area (Å²) in [5.41, 5.74) is 5.99. The number of nitrogens with two attached hydrogens (primary N) is 1. The van der Waals surface area contributed by atoms with E-state index in [1.54, 1.807) is 12.1 Å². The molecule has 25 heavy (non-hydrogen) atoms. The maximum Gasteiger partial charge on any atom is 0.338 e. The third-order valence-corrected chi connectivity index (χ3v) is 3.90. The SMILES string of the molecule is CC(=O)Nc1cccc(C(=O)OCC(=O)N2CCCC[C@@H]2C(N)=O)c1. The highest BCUT2D eigenvalue weighted by Crippen LogP contribution is 2.17. The first-order valence-corrected chi connectivity index (χ1v) is 8.02. The summed E-state index contributed by atoms with van der Waals surface area (Å²) in [5.74, 6) is -1.95. The van der Waals surface area contributed by atoms with Crippen LogP contribution in [0.2, 0.25) is 0 Å². The van der Waals surface area contributed by atoms with Crippen molar-refractivity contribution >= 4 is 29.4 Å². The fourth-order valence-electron chi connectivity index (χ4n) is 2.75. The summed E-state index contributed by atoms with van der Waals surface area (Å²) in [4.78, 5) is 48.2. The number of likely N-dealkylation sites (tertiary alicyclic amines) is 1. The number of piperidine rings is 1. The summed E-state index contributed by atoms with van der Waals surface area (Å²) in [5, 5.41) is 2.56. The zero-order valence-electron chi connectivity index (χ0n) is 14.0. The summed E-state index contributed by atoms with van der Waals surface area (Å²) in [6, 6.07) is 5.56. The monoisotopic (exact) mass is 347 g/mol. The minimum absolute atomic E-state index is 0.212. The molecule has 2 rings (SSSR count). The number of benzene rings is 1. The number of nitrogens with zero attached hydrogens (tertiary/aromatic N) is 1. The van der Waals surface area contributed by atoms with Crippen LogP contribution < -0.4 is 11.1 Å². The van der Waals surface area contributed by atoms with Crippen molar-refractivity contribution < 1.29 is 23.9 Å². The molecule has 1 aromatic rings. The quantitative estimate of drug-likeness (QED) is 0.759. The number of primary amides is 1. The fraction of sp³-hybridized carbons (Fsp3) is 0.412. The minimum atomic E-state index is -0.687. The van der Waals surface area contributed by atoms with Gasteiger partial charge in [0.25, 0.3) is 5.91 Å². The van der Waals surface area contributed by atoms with Crippen LogP contribution in [-0.2, 0) is 19.1 Å². The molecule has 8 heteroatoms. The van der Waals surface area contributed by atoms with Gasteiger partial charge in [0, 0.05) is 19.2 Å². The maximum absolute atomic E-state index is 12.2. The number of hydrogen-bond donors (Lipinski definition) is 2. The normalized spacial score (nSPS) is 16.8. The molecule has 1 heterocycles. The van der Waals surface area contributed by atoms with Crippen LogP contribution in [-0.4, -0.2) is 47.8 Å². The van der Waals surface area contributed by atoms with E-state index in [-0.39, 0.29) is 11.5 Å². The van der Waals surface area contributed by atoms with E-state index < -0.39 is 30.4 Å². The van der Waals surface area contributed by atoms with Gasteiger partial charge in [0.1, 0.15) is 6.04 Å². The lowest BCUT2D eigenvalue weighted by Gasteiger charge is -2.33. The molecule has 0 aliphatic carbocycles. The van der Waals surface area contributed by atoms with Gasteiger partial charge in [-0.2, -0.15) is 0 Å². The van der Waals surface area contributed by atoms with E-state index in [0.717, 1.165) is 12.8 Å². The van der Waals surface area contributed by atoms with Gasteiger partial charge in [-0.25, -0.2) is 4.79 Å².